The lowest BCUT2D eigenvalue weighted by Gasteiger charge is -2.11. The van der Waals surface area contributed by atoms with Crippen LogP contribution in [0.2, 0.25) is 0 Å². The number of aromatic nitrogens is 1. The molecule has 1 N–H and O–H groups in total. The number of benzene rings is 2. The Morgan fingerprint density at radius 1 is 1.30 bits per heavy atom. The van der Waals surface area contributed by atoms with Crippen molar-refractivity contribution in [3.05, 3.63) is 58.2 Å². The lowest BCUT2D eigenvalue weighted by molar-refractivity contribution is 0.0947. The number of hydrogen-bond donors (Lipinski definition) is 1. The third-order valence-corrected chi connectivity index (χ3v) is 4.69. The zero-order chi connectivity index (χ0) is 19.4. The van der Waals surface area contributed by atoms with Gasteiger partial charge in [0.1, 0.15) is 5.69 Å². The molecule has 0 radical (unpaired) electrons. The summed E-state index contributed by atoms with van der Waals surface area (Å²) in [7, 11) is 3.44. The van der Waals surface area contributed by atoms with E-state index in [1.54, 1.807) is 19.4 Å². The second-order valence-corrected chi connectivity index (χ2v) is 6.67. The molecule has 140 valence electrons. The number of aryl methyl sites for hydroxylation is 1. The predicted octanol–water partition coefficient (Wildman–Crippen LogP) is 4.11. The van der Waals surface area contributed by atoms with Gasteiger partial charge in [-0.2, -0.15) is 5.10 Å². The number of nitrogens with zero attached hydrogens (tertiary/aromatic N) is 2. The third-order valence-electron chi connectivity index (χ3n) is 4.10. The molecule has 0 saturated carbocycles. The fourth-order valence-corrected chi connectivity index (χ4v) is 3.47. The second kappa shape index (κ2) is 8.26. The molecule has 1 amide bonds. The first kappa shape index (κ1) is 19.0. The molecule has 2 aromatic carbocycles. The molecule has 3 rings (SSSR count). The average molecular weight is 430 g/mol. The minimum Gasteiger partial charge on any atom is -0.492 e. The van der Waals surface area contributed by atoms with Crippen LogP contribution in [0.5, 0.6) is 11.5 Å². The van der Waals surface area contributed by atoms with Gasteiger partial charge in [-0.25, -0.2) is 5.43 Å². The molecule has 0 aliphatic carbocycles. The standard InChI is InChI=1S/C20H20BrN3O3/c1-4-27-18-10-13(9-15(21)19(18)26-3)12-22-23-20(25)17-11-14-7-5-6-8-16(14)24(17)2/h5-12H,4H2,1-3H3,(H,23,25)/b22-12+. The summed E-state index contributed by atoms with van der Waals surface area (Å²) < 4.78 is 13.5. The molecule has 1 heterocycles. The number of amides is 1. The molecule has 0 aliphatic rings. The molecule has 0 fully saturated rings. The van der Waals surface area contributed by atoms with Gasteiger partial charge in [0.2, 0.25) is 0 Å². The number of hydrazone groups is 1. The molecule has 0 aliphatic heterocycles. The average Bonchev–Trinajstić information content (AvgIpc) is 2.99. The number of ether oxygens (including phenoxy) is 2. The quantitative estimate of drug-likeness (QED) is 0.473. The molecular weight excluding hydrogens is 410 g/mol. The maximum Gasteiger partial charge on any atom is 0.287 e. The van der Waals surface area contributed by atoms with Crippen molar-refractivity contribution in [1.82, 2.24) is 9.99 Å². The first-order valence-corrected chi connectivity index (χ1v) is 9.22. The van der Waals surface area contributed by atoms with Crippen molar-refractivity contribution in [2.75, 3.05) is 13.7 Å². The van der Waals surface area contributed by atoms with E-state index in [9.17, 15) is 4.79 Å². The van der Waals surface area contributed by atoms with Gasteiger partial charge in [-0.05, 0) is 52.7 Å². The highest BCUT2D eigenvalue weighted by Gasteiger charge is 2.13. The highest BCUT2D eigenvalue weighted by atomic mass is 79.9. The minimum atomic E-state index is -0.275. The lowest BCUT2D eigenvalue weighted by Crippen LogP contribution is -2.20. The number of fused-ring (bicyclic) bond motifs is 1. The molecule has 27 heavy (non-hydrogen) atoms. The van der Waals surface area contributed by atoms with Gasteiger partial charge in [0.05, 0.1) is 24.4 Å². The fraction of sp³-hybridized carbons (Fsp3) is 0.200. The summed E-state index contributed by atoms with van der Waals surface area (Å²) in [5.74, 6) is 0.951. The molecule has 7 heteroatoms. The van der Waals surface area contributed by atoms with Crippen molar-refractivity contribution in [3.63, 3.8) is 0 Å². The van der Waals surface area contributed by atoms with E-state index >= 15 is 0 Å². The van der Waals surface area contributed by atoms with E-state index in [0.717, 1.165) is 20.9 Å². The van der Waals surface area contributed by atoms with Crippen LogP contribution in [0.3, 0.4) is 0 Å². The fourth-order valence-electron chi connectivity index (χ4n) is 2.85. The predicted molar refractivity (Wildman–Crippen MR) is 110 cm³/mol. The van der Waals surface area contributed by atoms with Crippen molar-refractivity contribution >= 4 is 39.0 Å². The third kappa shape index (κ3) is 3.98. The normalized spacial score (nSPS) is 11.1. The number of rotatable bonds is 6. The summed E-state index contributed by atoms with van der Waals surface area (Å²) in [5.41, 5.74) is 4.87. The summed E-state index contributed by atoms with van der Waals surface area (Å²) >= 11 is 3.46. The van der Waals surface area contributed by atoms with E-state index < -0.39 is 0 Å². The first-order chi connectivity index (χ1) is 13.0. The van der Waals surface area contributed by atoms with Crippen LogP contribution in [0.1, 0.15) is 23.0 Å². The van der Waals surface area contributed by atoms with Crippen molar-refractivity contribution in [2.24, 2.45) is 12.1 Å². The van der Waals surface area contributed by atoms with Gasteiger partial charge in [-0.15, -0.1) is 0 Å². The number of hydrogen-bond acceptors (Lipinski definition) is 4. The highest BCUT2D eigenvalue weighted by molar-refractivity contribution is 9.10. The number of methoxy groups -OCH3 is 1. The Morgan fingerprint density at radius 3 is 2.78 bits per heavy atom. The van der Waals surface area contributed by atoms with Crippen LogP contribution in [-0.2, 0) is 7.05 Å². The van der Waals surface area contributed by atoms with E-state index in [2.05, 4.69) is 26.5 Å². The Hall–Kier alpha value is -2.80. The van der Waals surface area contributed by atoms with Gasteiger partial charge < -0.3 is 14.0 Å². The van der Waals surface area contributed by atoms with Crippen molar-refractivity contribution in [3.8, 4) is 11.5 Å². The van der Waals surface area contributed by atoms with E-state index in [1.165, 1.54) is 0 Å². The van der Waals surface area contributed by atoms with Crippen LogP contribution >= 0.6 is 15.9 Å². The van der Waals surface area contributed by atoms with Crippen LogP contribution in [0.25, 0.3) is 10.9 Å². The maximum absolute atomic E-state index is 12.5. The number of carbonyl (C=O) groups is 1. The zero-order valence-corrected chi connectivity index (χ0v) is 16.9. The number of para-hydroxylation sites is 1. The Balaban J connectivity index is 1.78. The molecule has 0 saturated heterocycles. The molecule has 0 bridgehead atoms. The minimum absolute atomic E-state index is 0.275. The SMILES string of the molecule is CCOc1cc(/C=N/NC(=O)c2cc3ccccc3n2C)cc(Br)c1OC. The smallest absolute Gasteiger partial charge is 0.287 e. The van der Waals surface area contributed by atoms with Crippen LogP contribution in [0.15, 0.2) is 52.0 Å². The Labute approximate surface area is 165 Å². The molecule has 6 nitrogen and oxygen atoms in total. The monoisotopic (exact) mass is 429 g/mol. The van der Waals surface area contributed by atoms with Crippen molar-refractivity contribution in [2.45, 2.75) is 6.92 Å². The van der Waals surface area contributed by atoms with E-state index in [4.69, 9.17) is 9.47 Å². The second-order valence-electron chi connectivity index (χ2n) is 5.81. The summed E-state index contributed by atoms with van der Waals surface area (Å²) in [6.45, 7) is 2.42. The van der Waals surface area contributed by atoms with Crippen molar-refractivity contribution in [1.29, 1.82) is 0 Å². The lowest BCUT2D eigenvalue weighted by atomic mass is 10.2. The number of carbonyl (C=O) groups excluding carboxylic acids is 1. The molecule has 3 aromatic rings. The molecular formula is C20H20BrN3O3. The largest absolute Gasteiger partial charge is 0.492 e. The van der Waals surface area contributed by atoms with Crippen LogP contribution in [-0.4, -0.2) is 30.4 Å². The Morgan fingerprint density at radius 2 is 2.07 bits per heavy atom. The summed E-state index contributed by atoms with van der Waals surface area (Å²) in [5, 5.41) is 5.08. The summed E-state index contributed by atoms with van der Waals surface area (Å²) in [4.78, 5) is 12.5. The number of nitrogens with one attached hydrogen (secondary N) is 1. The zero-order valence-electron chi connectivity index (χ0n) is 15.3. The van der Waals surface area contributed by atoms with Gasteiger partial charge in [0.15, 0.2) is 11.5 Å². The molecule has 0 atom stereocenters. The van der Waals surface area contributed by atoms with Gasteiger partial charge >= 0.3 is 0 Å². The Bertz CT molecular complexity index is 1010. The van der Waals surface area contributed by atoms with Crippen LogP contribution in [0, 0.1) is 0 Å². The van der Waals surface area contributed by atoms with Gasteiger partial charge in [0, 0.05) is 18.0 Å². The van der Waals surface area contributed by atoms with E-state index in [0.29, 0.717) is 23.8 Å². The number of halogens is 1. The summed E-state index contributed by atoms with van der Waals surface area (Å²) in [6, 6.07) is 13.3. The van der Waals surface area contributed by atoms with Gasteiger partial charge in [0.25, 0.3) is 5.91 Å². The van der Waals surface area contributed by atoms with Gasteiger partial charge in [-0.3, -0.25) is 4.79 Å². The van der Waals surface area contributed by atoms with E-state index in [-0.39, 0.29) is 5.91 Å². The topological polar surface area (TPSA) is 64.8 Å². The molecule has 0 unspecified atom stereocenters. The Kier molecular flexibility index (Phi) is 5.81. The maximum atomic E-state index is 12.5. The van der Waals surface area contributed by atoms with Gasteiger partial charge in [-0.1, -0.05) is 18.2 Å². The van der Waals surface area contributed by atoms with Crippen LogP contribution < -0.4 is 14.9 Å². The highest BCUT2D eigenvalue weighted by Crippen LogP contribution is 2.36. The molecule has 0 spiro atoms. The first-order valence-electron chi connectivity index (χ1n) is 8.43. The molecule has 1 aromatic heterocycles. The van der Waals surface area contributed by atoms with Crippen molar-refractivity contribution < 1.29 is 14.3 Å². The van der Waals surface area contributed by atoms with Crippen LogP contribution in [0.4, 0.5) is 0 Å². The summed E-state index contributed by atoms with van der Waals surface area (Å²) in [6.07, 6.45) is 1.56. The van der Waals surface area contributed by atoms with E-state index in [1.807, 2.05) is 54.9 Å².